The number of hydrogen-bond acceptors (Lipinski definition) is 2. The van der Waals surface area contributed by atoms with Gasteiger partial charge in [0.1, 0.15) is 5.82 Å². The van der Waals surface area contributed by atoms with Crippen LogP contribution in [-0.2, 0) is 4.79 Å². The minimum atomic E-state index is -0.590. The van der Waals surface area contributed by atoms with Crippen LogP contribution >= 0.6 is 28.3 Å². The average Bonchev–Trinajstić information content (AvgIpc) is 2.22. The monoisotopic (exact) mass is 324 g/mol. The molecule has 0 aliphatic rings. The molecule has 0 saturated heterocycles. The standard InChI is InChI=1S/C11H14BrFN2O.ClH/c1-2-3-9(14)11(16)15-10-5-4-7(12)6-8(10)13;/h4-6,9H,2-3,14H2,1H3,(H,15,16);1H. The van der Waals surface area contributed by atoms with Crippen LogP contribution in [0.2, 0.25) is 0 Å². The molecule has 1 aromatic carbocycles. The molecule has 3 nitrogen and oxygen atoms in total. The highest BCUT2D eigenvalue weighted by Crippen LogP contribution is 2.19. The van der Waals surface area contributed by atoms with Gasteiger partial charge in [0, 0.05) is 4.47 Å². The van der Waals surface area contributed by atoms with Gasteiger partial charge in [0.25, 0.3) is 0 Å². The molecule has 3 N–H and O–H groups in total. The summed E-state index contributed by atoms with van der Waals surface area (Å²) in [4.78, 5) is 11.5. The Morgan fingerprint density at radius 3 is 2.76 bits per heavy atom. The highest BCUT2D eigenvalue weighted by molar-refractivity contribution is 9.10. The summed E-state index contributed by atoms with van der Waals surface area (Å²) in [6, 6.07) is 3.86. The van der Waals surface area contributed by atoms with E-state index in [1.54, 1.807) is 6.07 Å². The van der Waals surface area contributed by atoms with Crippen molar-refractivity contribution in [3.8, 4) is 0 Å². The number of rotatable bonds is 4. The second kappa shape index (κ2) is 7.63. The minimum absolute atomic E-state index is 0. The van der Waals surface area contributed by atoms with E-state index in [2.05, 4.69) is 21.2 Å². The van der Waals surface area contributed by atoms with E-state index in [1.165, 1.54) is 12.1 Å². The Hall–Kier alpha value is -0.650. The number of amides is 1. The summed E-state index contributed by atoms with van der Waals surface area (Å²) in [6.45, 7) is 1.94. The molecule has 0 heterocycles. The molecule has 1 aromatic rings. The second-order valence-electron chi connectivity index (χ2n) is 3.51. The van der Waals surface area contributed by atoms with E-state index >= 15 is 0 Å². The Labute approximate surface area is 114 Å². The van der Waals surface area contributed by atoms with Crippen LogP contribution in [0.4, 0.5) is 10.1 Å². The second-order valence-corrected chi connectivity index (χ2v) is 4.42. The molecular formula is C11H15BrClFN2O. The molecule has 0 bridgehead atoms. The van der Waals surface area contributed by atoms with Crippen molar-refractivity contribution in [1.82, 2.24) is 0 Å². The Balaban J connectivity index is 0.00000256. The zero-order chi connectivity index (χ0) is 12.1. The molecule has 0 saturated carbocycles. The third-order valence-electron chi connectivity index (χ3n) is 2.13. The van der Waals surface area contributed by atoms with Crippen molar-refractivity contribution >= 4 is 39.9 Å². The van der Waals surface area contributed by atoms with Crippen LogP contribution in [-0.4, -0.2) is 11.9 Å². The molecular weight excluding hydrogens is 310 g/mol. The molecule has 0 radical (unpaired) electrons. The fourth-order valence-electron chi connectivity index (χ4n) is 1.26. The number of anilines is 1. The molecule has 0 spiro atoms. The summed E-state index contributed by atoms with van der Waals surface area (Å²) >= 11 is 3.14. The van der Waals surface area contributed by atoms with E-state index < -0.39 is 11.9 Å². The van der Waals surface area contributed by atoms with E-state index in [-0.39, 0.29) is 24.0 Å². The molecule has 1 atom stereocenters. The van der Waals surface area contributed by atoms with Gasteiger partial charge in [-0.25, -0.2) is 4.39 Å². The topological polar surface area (TPSA) is 55.1 Å². The predicted molar refractivity (Wildman–Crippen MR) is 72.9 cm³/mol. The van der Waals surface area contributed by atoms with Gasteiger partial charge in [-0.05, 0) is 24.6 Å². The maximum absolute atomic E-state index is 13.4. The van der Waals surface area contributed by atoms with Crippen molar-refractivity contribution in [2.45, 2.75) is 25.8 Å². The SMILES string of the molecule is CCCC(N)C(=O)Nc1ccc(Br)cc1F.Cl. The fourth-order valence-corrected chi connectivity index (χ4v) is 1.59. The molecule has 0 fully saturated rings. The number of benzene rings is 1. The first-order valence-corrected chi connectivity index (χ1v) is 5.85. The quantitative estimate of drug-likeness (QED) is 0.894. The third kappa shape index (κ3) is 5.02. The number of nitrogens with two attached hydrogens (primary N) is 1. The summed E-state index contributed by atoms with van der Waals surface area (Å²) in [5.41, 5.74) is 5.76. The molecule has 96 valence electrons. The Morgan fingerprint density at radius 2 is 2.24 bits per heavy atom. The molecule has 1 unspecified atom stereocenters. The zero-order valence-electron chi connectivity index (χ0n) is 9.37. The number of halogens is 3. The average molecular weight is 326 g/mol. The summed E-state index contributed by atoms with van der Waals surface area (Å²) < 4.78 is 14.0. The zero-order valence-corrected chi connectivity index (χ0v) is 11.8. The van der Waals surface area contributed by atoms with Crippen molar-refractivity contribution in [3.05, 3.63) is 28.5 Å². The number of carbonyl (C=O) groups is 1. The maximum atomic E-state index is 13.4. The number of hydrogen-bond donors (Lipinski definition) is 2. The van der Waals surface area contributed by atoms with Gasteiger partial charge in [-0.1, -0.05) is 29.3 Å². The summed E-state index contributed by atoms with van der Waals surface area (Å²) in [5, 5.41) is 2.46. The van der Waals surface area contributed by atoms with Gasteiger partial charge >= 0.3 is 0 Å². The lowest BCUT2D eigenvalue weighted by Crippen LogP contribution is -2.35. The lowest BCUT2D eigenvalue weighted by Gasteiger charge is -2.11. The van der Waals surface area contributed by atoms with Crippen molar-refractivity contribution < 1.29 is 9.18 Å². The summed E-state index contributed by atoms with van der Waals surface area (Å²) in [6.07, 6.45) is 1.40. The van der Waals surface area contributed by atoms with Gasteiger partial charge in [-0.2, -0.15) is 0 Å². The predicted octanol–water partition coefficient (Wildman–Crippen LogP) is 3.08. The smallest absolute Gasteiger partial charge is 0.241 e. The van der Waals surface area contributed by atoms with E-state index in [9.17, 15) is 9.18 Å². The van der Waals surface area contributed by atoms with E-state index in [1.807, 2.05) is 6.92 Å². The first-order valence-electron chi connectivity index (χ1n) is 5.06. The molecule has 6 heteroatoms. The fraction of sp³-hybridized carbons (Fsp3) is 0.364. The van der Waals surface area contributed by atoms with Crippen LogP contribution in [0.15, 0.2) is 22.7 Å². The lowest BCUT2D eigenvalue weighted by molar-refractivity contribution is -0.117. The van der Waals surface area contributed by atoms with Crippen molar-refractivity contribution in [3.63, 3.8) is 0 Å². The number of nitrogens with one attached hydrogen (secondary N) is 1. The molecule has 0 aliphatic carbocycles. The highest BCUT2D eigenvalue weighted by Gasteiger charge is 2.14. The molecule has 0 aromatic heterocycles. The van der Waals surface area contributed by atoms with E-state index in [0.717, 1.165) is 6.42 Å². The first-order chi connectivity index (χ1) is 7.54. The van der Waals surface area contributed by atoms with E-state index in [0.29, 0.717) is 10.9 Å². The Bertz CT molecular complexity index is 390. The van der Waals surface area contributed by atoms with Gasteiger partial charge < -0.3 is 11.1 Å². The van der Waals surface area contributed by atoms with Gasteiger partial charge in [-0.3, -0.25) is 4.79 Å². The summed E-state index contributed by atoms with van der Waals surface area (Å²) in [5.74, 6) is -0.838. The molecule has 17 heavy (non-hydrogen) atoms. The third-order valence-corrected chi connectivity index (χ3v) is 2.62. The molecule has 0 aliphatic heterocycles. The van der Waals surface area contributed by atoms with Gasteiger partial charge in [0.15, 0.2) is 0 Å². The summed E-state index contributed by atoms with van der Waals surface area (Å²) in [7, 11) is 0. The van der Waals surface area contributed by atoms with Crippen molar-refractivity contribution in [1.29, 1.82) is 0 Å². The van der Waals surface area contributed by atoms with Crippen molar-refractivity contribution in [2.75, 3.05) is 5.32 Å². The van der Waals surface area contributed by atoms with Gasteiger partial charge in [0.05, 0.1) is 11.7 Å². The number of carbonyl (C=O) groups excluding carboxylic acids is 1. The Kier molecular flexibility index (Phi) is 7.34. The minimum Gasteiger partial charge on any atom is -0.322 e. The van der Waals surface area contributed by atoms with Gasteiger partial charge in [0.2, 0.25) is 5.91 Å². The highest BCUT2D eigenvalue weighted by atomic mass is 79.9. The van der Waals surface area contributed by atoms with Crippen LogP contribution in [0.3, 0.4) is 0 Å². The van der Waals surface area contributed by atoms with Crippen LogP contribution in [0, 0.1) is 5.82 Å². The lowest BCUT2D eigenvalue weighted by atomic mass is 10.1. The Morgan fingerprint density at radius 1 is 1.59 bits per heavy atom. The first kappa shape index (κ1) is 16.4. The van der Waals surface area contributed by atoms with Crippen LogP contribution < -0.4 is 11.1 Å². The molecule has 1 amide bonds. The van der Waals surface area contributed by atoms with E-state index in [4.69, 9.17) is 5.73 Å². The van der Waals surface area contributed by atoms with Crippen molar-refractivity contribution in [2.24, 2.45) is 5.73 Å². The van der Waals surface area contributed by atoms with Crippen LogP contribution in [0.5, 0.6) is 0 Å². The maximum Gasteiger partial charge on any atom is 0.241 e. The molecule has 1 rings (SSSR count). The van der Waals surface area contributed by atoms with Crippen LogP contribution in [0.1, 0.15) is 19.8 Å². The van der Waals surface area contributed by atoms with Gasteiger partial charge in [-0.15, -0.1) is 12.4 Å². The van der Waals surface area contributed by atoms with Crippen LogP contribution in [0.25, 0.3) is 0 Å². The largest absolute Gasteiger partial charge is 0.322 e. The normalized spacial score (nSPS) is 11.5.